The molecule has 0 aromatic rings. The smallest absolute Gasteiger partial charge is 0.248 e. The molecule has 0 heterocycles. The molecule has 1 saturated carbocycles. The standard InChI is InChI=1S/C16H32N2O2/c1-4-6-12-18-16(19)13(3)20-15-9-7-14(8-10-15)17-11-5-2/h13-15,17H,4-12H2,1-3H3,(H,18,19). The predicted molar refractivity (Wildman–Crippen MR) is 82.8 cm³/mol. The molecule has 0 radical (unpaired) electrons. The van der Waals surface area contributed by atoms with Crippen molar-refractivity contribution >= 4 is 5.91 Å². The fraction of sp³-hybridized carbons (Fsp3) is 0.938. The number of rotatable bonds is 9. The number of nitrogens with one attached hydrogen (secondary N) is 2. The van der Waals surface area contributed by atoms with Gasteiger partial charge in [-0.2, -0.15) is 0 Å². The minimum atomic E-state index is -0.322. The highest BCUT2D eigenvalue weighted by molar-refractivity contribution is 5.80. The van der Waals surface area contributed by atoms with Gasteiger partial charge in [0, 0.05) is 12.6 Å². The first-order valence-corrected chi connectivity index (χ1v) is 8.33. The molecule has 1 atom stereocenters. The third kappa shape index (κ3) is 6.71. The molecule has 1 aliphatic rings. The minimum absolute atomic E-state index is 0.0321. The fourth-order valence-electron chi connectivity index (χ4n) is 2.63. The Kier molecular flexibility index (Phi) is 8.86. The number of hydrogen-bond acceptors (Lipinski definition) is 3. The first-order chi connectivity index (χ1) is 9.67. The average molecular weight is 284 g/mol. The maximum atomic E-state index is 11.8. The second-order valence-corrected chi connectivity index (χ2v) is 5.85. The van der Waals surface area contributed by atoms with Crippen molar-refractivity contribution in [2.45, 2.75) is 84.0 Å². The maximum Gasteiger partial charge on any atom is 0.248 e. The summed E-state index contributed by atoms with van der Waals surface area (Å²) in [6.45, 7) is 8.05. The fourth-order valence-corrected chi connectivity index (χ4v) is 2.63. The van der Waals surface area contributed by atoms with Crippen LogP contribution in [-0.4, -0.2) is 37.2 Å². The van der Waals surface area contributed by atoms with E-state index in [1.807, 2.05) is 6.92 Å². The molecule has 1 amide bonds. The average Bonchev–Trinajstić information content (AvgIpc) is 2.46. The van der Waals surface area contributed by atoms with Gasteiger partial charge in [0.2, 0.25) is 5.91 Å². The molecule has 1 unspecified atom stereocenters. The van der Waals surface area contributed by atoms with E-state index >= 15 is 0 Å². The largest absolute Gasteiger partial charge is 0.365 e. The lowest BCUT2D eigenvalue weighted by Gasteiger charge is -2.30. The lowest BCUT2D eigenvalue weighted by molar-refractivity contribution is -0.136. The summed E-state index contributed by atoms with van der Waals surface area (Å²) in [5, 5.41) is 6.50. The summed E-state index contributed by atoms with van der Waals surface area (Å²) < 4.78 is 5.90. The summed E-state index contributed by atoms with van der Waals surface area (Å²) in [5.41, 5.74) is 0. The molecule has 0 spiro atoms. The molecule has 1 fully saturated rings. The first kappa shape index (κ1) is 17.4. The van der Waals surface area contributed by atoms with Crippen molar-refractivity contribution in [3.05, 3.63) is 0 Å². The summed E-state index contributed by atoms with van der Waals surface area (Å²) in [5.74, 6) is 0.0321. The summed E-state index contributed by atoms with van der Waals surface area (Å²) >= 11 is 0. The van der Waals surface area contributed by atoms with E-state index in [1.165, 1.54) is 6.42 Å². The van der Waals surface area contributed by atoms with Crippen molar-refractivity contribution < 1.29 is 9.53 Å². The number of carbonyl (C=O) groups is 1. The Bertz CT molecular complexity index is 263. The Morgan fingerprint density at radius 1 is 1.15 bits per heavy atom. The number of amides is 1. The zero-order valence-electron chi connectivity index (χ0n) is 13.4. The number of hydrogen-bond donors (Lipinski definition) is 2. The monoisotopic (exact) mass is 284 g/mol. The van der Waals surface area contributed by atoms with Gasteiger partial charge < -0.3 is 15.4 Å². The molecule has 0 saturated heterocycles. The van der Waals surface area contributed by atoms with E-state index in [2.05, 4.69) is 24.5 Å². The molecule has 0 aromatic heterocycles. The zero-order chi connectivity index (χ0) is 14.8. The Morgan fingerprint density at radius 3 is 2.45 bits per heavy atom. The molecular weight excluding hydrogens is 252 g/mol. The molecule has 0 aliphatic heterocycles. The lowest BCUT2D eigenvalue weighted by atomic mass is 9.93. The van der Waals surface area contributed by atoms with Crippen LogP contribution in [0.25, 0.3) is 0 Å². The van der Waals surface area contributed by atoms with Crippen molar-refractivity contribution in [3.63, 3.8) is 0 Å². The van der Waals surface area contributed by atoms with Crippen molar-refractivity contribution in [2.24, 2.45) is 0 Å². The van der Waals surface area contributed by atoms with Crippen LogP contribution in [0.15, 0.2) is 0 Å². The molecule has 20 heavy (non-hydrogen) atoms. The lowest BCUT2D eigenvalue weighted by Crippen LogP contribution is -2.40. The molecule has 0 aromatic carbocycles. The second-order valence-electron chi connectivity index (χ2n) is 5.85. The van der Waals surface area contributed by atoms with Gasteiger partial charge in [-0.15, -0.1) is 0 Å². The molecule has 4 nitrogen and oxygen atoms in total. The van der Waals surface area contributed by atoms with Gasteiger partial charge in [0.15, 0.2) is 0 Å². The SMILES string of the molecule is CCCCNC(=O)C(C)OC1CCC(NCCC)CC1. The van der Waals surface area contributed by atoms with Gasteiger partial charge in [0.25, 0.3) is 0 Å². The zero-order valence-corrected chi connectivity index (χ0v) is 13.4. The van der Waals surface area contributed by atoms with Crippen LogP contribution in [0.1, 0.15) is 65.7 Å². The van der Waals surface area contributed by atoms with Gasteiger partial charge in [-0.05, 0) is 52.0 Å². The van der Waals surface area contributed by atoms with Gasteiger partial charge in [-0.1, -0.05) is 20.3 Å². The van der Waals surface area contributed by atoms with Crippen LogP contribution in [0.4, 0.5) is 0 Å². The van der Waals surface area contributed by atoms with E-state index in [1.54, 1.807) is 0 Å². The van der Waals surface area contributed by atoms with Crippen molar-refractivity contribution in [1.82, 2.24) is 10.6 Å². The van der Waals surface area contributed by atoms with E-state index < -0.39 is 0 Å². The van der Waals surface area contributed by atoms with Gasteiger partial charge >= 0.3 is 0 Å². The highest BCUT2D eigenvalue weighted by Gasteiger charge is 2.24. The molecular formula is C16H32N2O2. The van der Waals surface area contributed by atoms with Crippen LogP contribution in [0.5, 0.6) is 0 Å². The second kappa shape index (κ2) is 10.2. The third-order valence-corrected chi connectivity index (χ3v) is 3.95. The number of carbonyl (C=O) groups excluding carboxylic acids is 1. The van der Waals surface area contributed by atoms with Crippen LogP contribution in [-0.2, 0) is 9.53 Å². The van der Waals surface area contributed by atoms with E-state index in [4.69, 9.17) is 4.74 Å². The van der Waals surface area contributed by atoms with E-state index in [9.17, 15) is 4.79 Å². The van der Waals surface area contributed by atoms with Crippen LogP contribution in [0.2, 0.25) is 0 Å². The molecule has 4 heteroatoms. The van der Waals surface area contributed by atoms with Crippen LogP contribution in [0.3, 0.4) is 0 Å². The normalized spacial score (nSPS) is 24.4. The van der Waals surface area contributed by atoms with E-state index in [0.717, 1.165) is 51.6 Å². The highest BCUT2D eigenvalue weighted by Crippen LogP contribution is 2.22. The van der Waals surface area contributed by atoms with E-state index in [0.29, 0.717) is 6.04 Å². The summed E-state index contributed by atoms with van der Waals surface area (Å²) in [6.07, 6.45) is 7.70. The summed E-state index contributed by atoms with van der Waals surface area (Å²) in [7, 11) is 0. The highest BCUT2D eigenvalue weighted by atomic mass is 16.5. The van der Waals surface area contributed by atoms with Crippen LogP contribution in [0, 0.1) is 0 Å². The number of unbranched alkanes of at least 4 members (excludes halogenated alkanes) is 1. The van der Waals surface area contributed by atoms with Gasteiger partial charge in [-0.25, -0.2) is 0 Å². The maximum absolute atomic E-state index is 11.8. The Hall–Kier alpha value is -0.610. The molecule has 2 N–H and O–H groups in total. The third-order valence-electron chi connectivity index (χ3n) is 3.95. The van der Waals surface area contributed by atoms with Crippen molar-refractivity contribution in [1.29, 1.82) is 0 Å². The van der Waals surface area contributed by atoms with Crippen LogP contribution < -0.4 is 10.6 Å². The number of ether oxygens (including phenoxy) is 1. The Morgan fingerprint density at radius 2 is 1.85 bits per heavy atom. The Labute approximate surface area is 124 Å². The van der Waals surface area contributed by atoms with Crippen LogP contribution >= 0.6 is 0 Å². The van der Waals surface area contributed by atoms with Crippen molar-refractivity contribution in [2.75, 3.05) is 13.1 Å². The molecule has 118 valence electrons. The molecule has 1 aliphatic carbocycles. The minimum Gasteiger partial charge on any atom is -0.365 e. The quantitative estimate of drug-likeness (QED) is 0.640. The molecule has 1 rings (SSSR count). The topological polar surface area (TPSA) is 50.4 Å². The van der Waals surface area contributed by atoms with Crippen molar-refractivity contribution in [3.8, 4) is 0 Å². The first-order valence-electron chi connectivity index (χ1n) is 8.33. The summed E-state index contributed by atoms with van der Waals surface area (Å²) in [6, 6.07) is 0.642. The molecule has 0 bridgehead atoms. The predicted octanol–water partition coefficient (Wildman–Crippen LogP) is 2.62. The van der Waals surface area contributed by atoms with E-state index in [-0.39, 0.29) is 18.1 Å². The van der Waals surface area contributed by atoms with Gasteiger partial charge in [-0.3, -0.25) is 4.79 Å². The van der Waals surface area contributed by atoms with Gasteiger partial charge in [0.05, 0.1) is 6.10 Å². The van der Waals surface area contributed by atoms with Gasteiger partial charge in [0.1, 0.15) is 6.10 Å². The Balaban J connectivity index is 2.17. The summed E-state index contributed by atoms with van der Waals surface area (Å²) in [4.78, 5) is 11.8.